The predicted molar refractivity (Wildman–Crippen MR) is 58.6 cm³/mol. The highest BCUT2D eigenvalue weighted by molar-refractivity contribution is 7.99. The Labute approximate surface area is 88.3 Å². The van der Waals surface area contributed by atoms with E-state index in [0.29, 0.717) is 0 Å². The highest BCUT2D eigenvalue weighted by Gasteiger charge is 1.98. The normalized spacial score (nSPS) is 10.6. The third-order valence-electron chi connectivity index (χ3n) is 1.47. The van der Waals surface area contributed by atoms with Crippen molar-refractivity contribution in [1.29, 1.82) is 0 Å². The highest BCUT2D eigenvalue weighted by atomic mass is 32.2. The van der Waals surface area contributed by atoms with Crippen LogP contribution in [0.5, 0.6) is 0 Å². The Kier molecular flexibility index (Phi) is 5.34. The van der Waals surface area contributed by atoms with Gasteiger partial charge < -0.3 is 9.30 Å². The molecular weight excluding hydrogens is 204 g/mol. The predicted octanol–water partition coefficient (Wildman–Crippen LogP) is 1.46. The second kappa shape index (κ2) is 6.34. The lowest BCUT2D eigenvalue weighted by molar-refractivity contribution is 0.167. The van der Waals surface area contributed by atoms with Crippen LogP contribution >= 0.6 is 24.4 Å². The molecule has 0 spiro atoms. The van der Waals surface area contributed by atoms with Gasteiger partial charge in [-0.25, -0.2) is 4.98 Å². The second-order valence-corrected chi connectivity index (χ2v) is 4.01. The van der Waals surface area contributed by atoms with Crippen molar-refractivity contribution in [1.82, 2.24) is 9.55 Å². The molecule has 13 heavy (non-hydrogen) atoms. The number of hydrogen-bond acceptors (Lipinski definition) is 4. The number of thioether (sulfide) groups is 1. The van der Waals surface area contributed by atoms with Crippen molar-refractivity contribution in [3.8, 4) is 0 Å². The molecule has 0 N–H and O–H groups in total. The molecule has 0 radical (unpaired) electrons. The van der Waals surface area contributed by atoms with Crippen LogP contribution in [-0.2, 0) is 11.8 Å². The molecule has 0 bridgehead atoms. The molecule has 0 unspecified atom stereocenters. The van der Waals surface area contributed by atoms with E-state index in [1.165, 1.54) is 0 Å². The van der Waals surface area contributed by atoms with Crippen LogP contribution in [0.4, 0.5) is 0 Å². The minimum absolute atomic E-state index is 0.726. The number of thiol groups is 1. The summed E-state index contributed by atoms with van der Waals surface area (Å²) < 4.78 is 7.29. The molecule has 1 heterocycles. The molecule has 0 aliphatic rings. The van der Waals surface area contributed by atoms with Crippen LogP contribution in [-0.4, -0.2) is 34.3 Å². The molecule has 0 aliphatic carbocycles. The molecule has 1 rings (SSSR count). The maximum absolute atomic E-state index is 5.29. The van der Waals surface area contributed by atoms with Gasteiger partial charge >= 0.3 is 0 Å². The average Bonchev–Trinajstić information content (AvgIpc) is 2.52. The smallest absolute Gasteiger partial charge is 0.167 e. The Morgan fingerprint density at radius 1 is 1.62 bits per heavy atom. The van der Waals surface area contributed by atoms with Gasteiger partial charge in [0.05, 0.1) is 13.2 Å². The van der Waals surface area contributed by atoms with Crippen LogP contribution in [0.25, 0.3) is 0 Å². The van der Waals surface area contributed by atoms with Crippen LogP contribution in [0.3, 0.4) is 0 Å². The zero-order chi connectivity index (χ0) is 9.52. The summed E-state index contributed by atoms with van der Waals surface area (Å²) in [7, 11) is 1.99. The van der Waals surface area contributed by atoms with Crippen LogP contribution in [0.2, 0.25) is 0 Å². The van der Waals surface area contributed by atoms with E-state index in [1.807, 2.05) is 17.8 Å². The molecule has 74 valence electrons. The van der Waals surface area contributed by atoms with Gasteiger partial charge in [0.25, 0.3) is 0 Å². The maximum Gasteiger partial charge on any atom is 0.167 e. The molecule has 0 aliphatic heterocycles. The van der Waals surface area contributed by atoms with E-state index in [2.05, 4.69) is 17.6 Å². The zero-order valence-electron chi connectivity index (χ0n) is 7.64. The fourth-order valence-corrected chi connectivity index (χ4v) is 1.76. The van der Waals surface area contributed by atoms with Crippen molar-refractivity contribution in [2.24, 2.45) is 7.05 Å². The molecule has 0 saturated carbocycles. The Bertz CT molecular complexity index is 240. The Hall–Kier alpha value is -0.130. The van der Waals surface area contributed by atoms with Gasteiger partial charge in [-0.05, 0) is 0 Å². The molecule has 0 saturated heterocycles. The van der Waals surface area contributed by atoms with E-state index in [-0.39, 0.29) is 0 Å². The van der Waals surface area contributed by atoms with Gasteiger partial charge in [0.1, 0.15) is 0 Å². The summed E-state index contributed by atoms with van der Waals surface area (Å²) in [6, 6.07) is 0. The molecule has 0 fully saturated rings. The van der Waals surface area contributed by atoms with Gasteiger partial charge in [0.2, 0.25) is 0 Å². The van der Waals surface area contributed by atoms with Crippen molar-refractivity contribution in [2.45, 2.75) is 5.16 Å². The topological polar surface area (TPSA) is 27.1 Å². The third kappa shape index (κ3) is 4.06. The van der Waals surface area contributed by atoms with Crippen molar-refractivity contribution in [2.75, 3.05) is 24.7 Å². The van der Waals surface area contributed by atoms with Crippen molar-refractivity contribution < 1.29 is 4.74 Å². The first kappa shape index (κ1) is 10.9. The number of imidazole rings is 1. The van der Waals surface area contributed by atoms with Gasteiger partial charge in [-0.3, -0.25) is 0 Å². The van der Waals surface area contributed by atoms with E-state index in [9.17, 15) is 0 Å². The molecule has 0 aromatic carbocycles. The van der Waals surface area contributed by atoms with Gasteiger partial charge in [-0.15, -0.1) is 0 Å². The minimum Gasteiger partial charge on any atom is -0.380 e. The fraction of sp³-hybridized carbons (Fsp3) is 0.625. The second-order valence-electron chi connectivity index (χ2n) is 2.51. The van der Waals surface area contributed by atoms with E-state index >= 15 is 0 Å². The SMILES string of the molecule is Cn1ccnc1SCCOCCS. The Morgan fingerprint density at radius 2 is 2.46 bits per heavy atom. The first-order chi connectivity index (χ1) is 6.34. The summed E-state index contributed by atoms with van der Waals surface area (Å²) in [6.45, 7) is 1.49. The maximum atomic E-state index is 5.29. The van der Waals surface area contributed by atoms with Crippen LogP contribution in [0, 0.1) is 0 Å². The summed E-state index contributed by atoms with van der Waals surface area (Å²) in [5.74, 6) is 1.73. The van der Waals surface area contributed by atoms with Crippen LogP contribution < -0.4 is 0 Å². The number of aromatic nitrogens is 2. The third-order valence-corrected chi connectivity index (χ3v) is 2.68. The van der Waals surface area contributed by atoms with E-state index in [4.69, 9.17) is 4.74 Å². The Morgan fingerprint density at radius 3 is 3.08 bits per heavy atom. The Balaban J connectivity index is 2.10. The summed E-state index contributed by atoms with van der Waals surface area (Å²) in [5.41, 5.74) is 0. The monoisotopic (exact) mass is 218 g/mol. The summed E-state index contributed by atoms with van der Waals surface area (Å²) in [5, 5.41) is 1.04. The highest BCUT2D eigenvalue weighted by Crippen LogP contribution is 2.13. The number of rotatable bonds is 6. The van der Waals surface area contributed by atoms with Crippen molar-refractivity contribution >= 4 is 24.4 Å². The lowest BCUT2D eigenvalue weighted by Crippen LogP contribution is -2.01. The van der Waals surface area contributed by atoms with Gasteiger partial charge in [-0.1, -0.05) is 11.8 Å². The quantitative estimate of drug-likeness (QED) is 0.445. The van der Waals surface area contributed by atoms with Gasteiger partial charge in [0.15, 0.2) is 5.16 Å². The lowest BCUT2D eigenvalue weighted by Gasteiger charge is -2.02. The number of ether oxygens (including phenoxy) is 1. The summed E-state index contributed by atoms with van der Waals surface area (Å²) in [4.78, 5) is 4.19. The molecular formula is C8H14N2OS2. The van der Waals surface area contributed by atoms with Gasteiger partial charge in [0, 0.05) is 30.9 Å². The standard InChI is InChI=1S/C8H14N2OS2/c1-10-3-2-9-8(10)13-7-5-11-4-6-12/h2-3,12H,4-7H2,1H3. The zero-order valence-corrected chi connectivity index (χ0v) is 9.35. The number of aryl methyl sites for hydroxylation is 1. The fourth-order valence-electron chi connectivity index (χ4n) is 0.850. The lowest BCUT2D eigenvalue weighted by atomic mass is 10.8. The van der Waals surface area contributed by atoms with Crippen LogP contribution in [0.1, 0.15) is 0 Å². The molecule has 5 heteroatoms. The molecule has 3 nitrogen and oxygen atoms in total. The van der Waals surface area contributed by atoms with E-state index in [0.717, 1.165) is 29.9 Å². The van der Waals surface area contributed by atoms with Gasteiger partial charge in [-0.2, -0.15) is 12.6 Å². The van der Waals surface area contributed by atoms with Crippen molar-refractivity contribution in [3.63, 3.8) is 0 Å². The first-order valence-corrected chi connectivity index (χ1v) is 5.75. The molecule has 0 amide bonds. The summed E-state index contributed by atoms with van der Waals surface area (Å²) in [6.07, 6.45) is 3.74. The van der Waals surface area contributed by atoms with E-state index in [1.54, 1.807) is 18.0 Å². The number of hydrogen-bond donors (Lipinski definition) is 1. The number of nitrogens with zero attached hydrogens (tertiary/aromatic N) is 2. The largest absolute Gasteiger partial charge is 0.380 e. The van der Waals surface area contributed by atoms with E-state index < -0.39 is 0 Å². The van der Waals surface area contributed by atoms with Crippen LogP contribution in [0.15, 0.2) is 17.6 Å². The first-order valence-electron chi connectivity index (χ1n) is 4.13. The molecule has 1 aromatic rings. The molecule has 0 atom stereocenters. The molecule has 1 aromatic heterocycles. The summed E-state index contributed by atoms with van der Waals surface area (Å²) >= 11 is 5.76. The average molecular weight is 218 g/mol. The van der Waals surface area contributed by atoms with Crippen molar-refractivity contribution in [3.05, 3.63) is 12.4 Å². The minimum atomic E-state index is 0.726.